The third-order valence-corrected chi connectivity index (χ3v) is 7.10. The fourth-order valence-electron chi connectivity index (χ4n) is 3.59. The van der Waals surface area contributed by atoms with Crippen molar-refractivity contribution in [3.05, 3.63) is 87.3 Å². The number of hydrogen-bond donors (Lipinski definition) is 0. The zero-order valence-electron chi connectivity index (χ0n) is 19.0. The standard InChI is InChI=1S/C26H28N4S/c1-17-18(2)20(4)24(21(5)19(17)3)16-31-26-29-28-25(30(26)6)23(15-27)14-10-13-22-11-8-7-9-12-22/h7-14H,16H2,1-6H3/b13-10+,23-14-. The predicted molar refractivity (Wildman–Crippen MR) is 130 cm³/mol. The van der Waals surface area contributed by atoms with Crippen LogP contribution in [0.2, 0.25) is 0 Å². The first kappa shape index (κ1) is 22.6. The fourth-order valence-corrected chi connectivity index (χ4v) is 4.67. The second-order valence-corrected chi connectivity index (χ2v) is 8.66. The predicted octanol–water partition coefficient (Wildman–Crippen LogP) is 6.27. The van der Waals surface area contributed by atoms with Gasteiger partial charge in [-0.15, -0.1) is 10.2 Å². The summed E-state index contributed by atoms with van der Waals surface area (Å²) in [5.41, 5.74) is 9.71. The van der Waals surface area contributed by atoms with Crippen molar-refractivity contribution in [1.29, 1.82) is 5.26 Å². The van der Waals surface area contributed by atoms with E-state index in [1.807, 2.05) is 54.1 Å². The summed E-state index contributed by atoms with van der Waals surface area (Å²) in [5.74, 6) is 1.40. The molecule has 0 aliphatic rings. The van der Waals surface area contributed by atoms with Crippen molar-refractivity contribution in [1.82, 2.24) is 14.8 Å². The molecule has 158 valence electrons. The highest BCUT2D eigenvalue weighted by Gasteiger charge is 2.16. The van der Waals surface area contributed by atoms with Crippen molar-refractivity contribution in [2.45, 2.75) is 45.5 Å². The highest BCUT2D eigenvalue weighted by Crippen LogP contribution is 2.31. The average molecular weight is 429 g/mol. The van der Waals surface area contributed by atoms with Crippen LogP contribution in [0.15, 0.2) is 47.6 Å². The molecule has 0 unspecified atom stereocenters. The van der Waals surface area contributed by atoms with E-state index in [9.17, 15) is 5.26 Å². The topological polar surface area (TPSA) is 54.5 Å². The van der Waals surface area contributed by atoms with Crippen molar-refractivity contribution in [2.75, 3.05) is 0 Å². The number of aromatic nitrogens is 3. The lowest BCUT2D eigenvalue weighted by atomic mass is 9.90. The van der Waals surface area contributed by atoms with Crippen LogP contribution >= 0.6 is 11.8 Å². The first-order valence-electron chi connectivity index (χ1n) is 10.3. The molecule has 0 spiro atoms. The minimum Gasteiger partial charge on any atom is -0.305 e. The van der Waals surface area contributed by atoms with Crippen molar-refractivity contribution < 1.29 is 0 Å². The second kappa shape index (κ2) is 9.80. The number of nitrogens with zero attached hydrogens (tertiary/aromatic N) is 4. The highest BCUT2D eigenvalue weighted by atomic mass is 32.2. The van der Waals surface area contributed by atoms with Crippen LogP contribution in [0.5, 0.6) is 0 Å². The molecule has 0 aliphatic heterocycles. The van der Waals surface area contributed by atoms with Gasteiger partial charge in [0.2, 0.25) is 0 Å². The lowest BCUT2D eigenvalue weighted by molar-refractivity contribution is 0.780. The molecule has 0 fully saturated rings. The van der Waals surface area contributed by atoms with E-state index in [0.717, 1.165) is 16.5 Å². The number of thioether (sulfide) groups is 1. The van der Waals surface area contributed by atoms with E-state index in [4.69, 9.17) is 0 Å². The average Bonchev–Trinajstić information content (AvgIpc) is 3.15. The van der Waals surface area contributed by atoms with Crippen LogP contribution < -0.4 is 0 Å². The van der Waals surface area contributed by atoms with Crippen LogP contribution in [0, 0.1) is 45.9 Å². The summed E-state index contributed by atoms with van der Waals surface area (Å²) in [6.07, 6.45) is 5.63. The molecule has 0 aliphatic carbocycles. The summed E-state index contributed by atoms with van der Waals surface area (Å²) in [6.45, 7) is 11.0. The Balaban J connectivity index is 1.81. The van der Waals surface area contributed by atoms with Crippen molar-refractivity contribution in [3.63, 3.8) is 0 Å². The number of nitriles is 1. The maximum absolute atomic E-state index is 9.64. The molecule has 0 radical (unpaired) electrons. The van der Waals surface area contributed by atoms with Crippen LogP contribution in [0.25, 0.3) is 11.6 Å². The van der Waals surface area contributed by atoms with Crippen LogP contribution in [0.4, 0.5) is 0 Å². The van der Waals surface area contributed by atoms with Gasteiger partial charge in [-0.05, 0) is 79.6 Å². The summed E-state index contributed by atoms with van der Waals surface area (Å²) in [5, 5.41) is 19.1. The fraction of sp³-hybridized carbons (Fsp3) is 0.269. The van der Waals surface area contributed by atoms with E-state index in [0.29, 0.717) is 11.4 Å². The first-order valence-corrected chi connectivity index (χ1v) is 11.3. The van der Waals surface area contributed by atoms with Gasteiger partial charge in [0.15, 0.2) is 11.0 Å². The molecule has 31 heavy (non-hydrogen) atoms. The smallest absolute Gasteiger partial charge is 0.191 e. The van der Waals surface area contributed by atoms with Gasteiger partial charge < -0.3 is 4.57 Å². The molecule has 1 aromatic heterocycles. The van der Waals surface area contributed by atoms with Crippen LogP contribution in [-0.4, -0.2) is 14.8 Å². The molecular formula is C26H28N4S. The van der Waals surface area contributed by atoms with Crippen LogP contribution in [-0.2, 0) is 12.8 Å². The summed E-state index contributed by atoms with van der Waals surface area (Å²) in [7, 11) is 1.91. The third kappa shape index (κ3) is 4.81. The Morgan fingerprint density at radius 2 is 1.58 bits per heavy atom. The molecule has 1 heterocycles. The SMILES string of the molecule is Cc1c(C)c(C)c(CSc2nnc(/C(C#N)=C\C=C\c3ccccc3)n2C)c(C)c1C. The third-order valence-electron chi connectivity index (χ3n) is 6.05. The van der Waals surface area contributed by atoms with Crippen molar-refractivity contribution >= 4 is 23.4 Å². The summed E-state index contributed by atoms with van der Waals surface area (Å²) < 4.78 is 1.90. The van der Waals surface area contributed by atoms with E-state index < -0.39 is 0 Å². The Labute approximate surface area is 189 Å². The zero-order chi connectivity index (χ0) is 22.5. The van der Waals surface area contributed by atoms with Gasteiger partial charge in [-0.3, -0.25) is 0 Å². The Bertz CT molecular complexity index is 1170. The number of allylic oxidation sites excluding steroid dienone is 3. The lowest BCUT2D eigenvalue weighted by Crippen LogP contribution is -2.03. The molecule has 0 N–H and O–H groups in total. The molecular weight excluding hydrogens is 400 g/mol. The monoisotopic (exact) mass is 428 g/mol. The Morgan fingerprint density at radius 3 is 2.19 bits per heavy atom. The molecule has 0 atom stereocenters. The maximum Gasteiger partial charge on any atom is 0.191 e. The molecule has 3 aromatic rings. The Kier molecular flexibility index (Phi) is 7.14. The van der Waals surface area contributed by atoms with Gasteiger partial charge in [0.1, 0.15) is 6.07 Å². The largest absolute Gasteiger partial charge is 0.305 e. The van der Waals surface area contributed by atoms with Gasteiger partial charge in [-0.1, -0.05) is 54.2 Å². The molecule has 0 saturated carbocycles. The number of hydrogen-bond acceptors (Lipinski definition) is 4. The van der Waals surface area contributed by atoms with E-state index >= 15 is 0 Å². The summed E-state index contributed by atoms with van der Waals surface area (Å²) >= 11 is 1.66. The molecule has 0 amide bonds. The zero-order valence-corrected chi connectivity index (χ0v) is 19.8. The van der Waals surface area contributed by atoms with Crippen LogP contribution in [0.1, 0.15) is 44.8 Å². The normalized spacial score (nSPS) is 11.8. The molecule has 2 aromatic carbocycles. The Hall–Kier alpha value is -3.10. The van der Waals surface area contributed by atoms with E-state index in [1.165, 1.54) is 33.4 Å². The number of rotatable bonds is 6. The van der Waals surface area contributed by atoms with E-state index in [2.05, 4.69) is 50.9 Å². The molecule has 0 saturated heterocycles. The van der Waals surface area contributed by atoms with Crippen LogP contribution in [0.3, 0.4) is 0 Å². The Morgan fingerprint density at radius 1 is 0.968 bits per heavy atom. The second-order valence-electron chi connectivity index (χ2n) is 7.72. The molecule has 5 heteroatoms. The molecule has 0 bridgehead atoms. The van der Waals surface area contributed by atoms with Gasteiger partial charge in [-0.2, -0.15) is 5.26 Å². The molecule has 4 nitrogen and oxygen atoms in total. The van der Waals surface area contributed by atoms with E-state index in [1.54, 1.807) is 17.8 Å². The minimum atomic E-state index is 0.489. The quantitative estimate of drug-likeness (QED) is 0.264. The number of benzene rings is 2. The summed E-state index contributed by atoms with van der Waals surface area (Å²) in [6, 6.07) is 12.2. The van der Waals surface area contributed by atoms with Gasteiger partial charge in [0.05, 0.1) is 5.57 Å². The van der Waals surface area contributed by atoms with Gasteiger partial charge in [-0.25, -0.2) is 0 Å². The summed E-state index contributed by atoms with van der Waals surface area (Å²) in [4.78, 5) is 0. The highest BCUT2D eigenvalue weighted by molar-refractivity contribution is 7.98. The van der Waals surface area contributed by atoms with Crippen molar-refractivity contribution in [2.24, 2.45) is 7.05 Å². The minimum absolute atomic E-state index is 0.489. The van der Waals surface area contributed by atoms with Crippen molar-refractivity contribution in [3.8, 4) is 6.07 Å². The van der Waals surface area contributed by atoms with E-state index in [-0.39, 0.29) is 0 Å². The maximum atomic E-state index is 9.64. The lowest BCUT2D eigenvalue weighted by Gasteiger charge is -2.18. The van der Waals surface area contributed by atoms with Gasteiger partial charge in [0, 0.05) is 12.8 Å². The molecule has 3 rings (SSSR count). The van der Waals surface area contributed by atoms with Gasteiger partial charge >= 0.3 is 0 Å². The first-order chi connectivity index (χ1) is 14.8. The van der Waals surface area contributed by atoms with Gasteiger partial charge in [0.25, 0.3) is 0 Å².